The van der Waals surface area contributed by atoms with Crippen LogP contribution >= 0.6 is 0 Å². The van der Waals surface area contributed by atoms with E-state index < -0.39 is 72.1 Å². The topological polar surface area (TPSA) is 174 Å². The Morgan fingerprint density at radius 3 is 2.08 bits per heavy atom. The van der Waals surface area contributed by atoms with Gasteiger partial charge in [-0.3, -0.25) is 28.8 Å². The second kappa shape index (κ2) is 18.5. The van der Waals surface area contributed by atoms with E-state index in [-0.39, 0.29) is 52.8 Å². The molecule has 2 aromatic rings. The molecule has 13 atom stereocenters. The zero-order valence-electron chi connectivity index (χ0n) is 37.7. The van der Waals surface area contributed by atoms with Crippen LogP contribution in [0.2, 0.25) is 0 Å². The molecule has 1 N–H and O–H groups in total. The highest BCUT2D eigenvalue weighted by Gasteiger charge is 2.57. The molecule has 1 spiro atoms. The fourth-order valence-electron chi connectivity index (χ4n) is 11.0. The Kier molecular flexibility index (Phi) is 13.4. The molecule has 1 saturated carbocycles. The lowest BCUT2D eigenvalue weighted by Crippen LogP contribution is -2.55. The molecule has 0 radical (unpaired) electrons. The Labute approximate surface area is 369 Å². The van der Waals surface area contributed by atoms with Crippen molar-refractivity contribution in [2.24, 2.45) is 35.5 Å². The zero-order chi connectivity index (χ0) is 45.5. The van der Waals surface area contributed by atoms with Gasteiger partial charge in [0.15, 0.2) is 24.0 Å². The number of carbonyl (C=O) groups excluding carboxylic acids is 6. The van der Waals surface area contributed by atoms with Crippen LogP contribution in [0.4, 0.5) is 0 Å². The van der Waals surface area contributed by atoms with Crippen LogP contribution in [-0.2, 0) is 47.7 Å². The second-order valence-electron chi connectivity index (χ2n) is 18.5. The average Bonchev–Trinajstić information content (AvgIpc) is 3.52. The van der Waals surface area contributed by atoms with Crippen molar-refractivity contribution in [2.45, 2.75) is 143 Å². The molecule has 14 heteroatoms. The monoisotopic (exact) mass is 869 g/mol. The summed E-state index contributed by atoms with van der Waals surface area (Å²) in [7, 11) is 0. The third-order valence-corrected chi connectivity index (χ3v) is 13.8. The summed E-state index contributed by atoms with van der Waals surface area (Å²) in [5, 5.41) is 2.93. The number of pyridine rings is 1. The van der Waals surface area contributed by atoms with Gasteiger partial charge in [-0.15, -0.1) is 0 Å². The number of esters is 4. The Morgan fingerprint density at radius 1 is 0.810 bits per heavy atom. The molecule has 63 heavy (non-hydrogen) atoms. The molecular weight excluding hydrogens is 809 g/mol. The number of allylic oxidation sites excluding steroid dienone is 2. The Balaban J connectivity index is 1.27. The first-order valence-electron chi connectivity index (χ1n) is 22.3. The Hall–Kier alpha value is -5.21. The summed E-state index contributed by atoms with van der Waals surface area (Å²) in [5.74, 6) is -4.01. The molecule has 1 amide bonds. The molecule has 4 heterocycles. The number of nitrogens with one attached hydrogen (secondary N) is 1. The predicted octanol–water partition coefficient (Wildman–Crippen LogP) is 6.55. The molecule has 1 aromatic carbocycles. The summed E-state index contributed by atoms with van der Waals surface area (Å²) in [6.07, 6.45) is 6.96. The molecule has 3 saturated heterocycles. The minimum atomic E-state index is -1.18. The number of ether oxygens (including phenoxy) is 6. The van der Waals surface area contributed by atoms with Crippen molar-refractivity contribution in [2.75, 3.05) is 0 Å². The van der Waals surface area contributed by atoms with Gasteiger partial charge in [0.2, 0.25) is 6.10 Å². The van der Waals surface area contributed by atoms with Crippen LogP contribution in [0.5, 0.6) is 11.5 Å². The van der Waals surface area contributed by atoms with Gasteiger partial charge in [0, 0.05) is 75.6 Å². The number of ketones is 1. The van der Waals surface area contributed by atoms with Crippen molar-refractivity contribution in [1.29, 1.82) is 0 Å². The quantitative estimate of drug-likeness (QED) is 0.155. The standard InChI is InChI=1S/C49H60N2O12/c1-25-15-16-49(63-46(25)35-21-36(58-30(6)52)23-37(22-35)59-31(7)53)28(4)19-27(3)40(62-49)24-38-26(2)20-34-13-14-39(60-32(8)54)29(5)41(34)42(38)45(56)43-47(61-33(9)55)44(48(57)50-43)51-17-11-10-12-18-51/h10-12,17-18,20-23,25,27-29,34,39-41,43-44,46-47H,13-16,19,24H2,1-9H3/p+1/t25-,27-,28-,29+,34+,39-,40+,41+,43?,44?,46-,47?,49+/m1/s1. The van der Waals surface area contributed by atoms with Crippen LogP contribution in [0, 0.1) is 35.5 Å². The van der Waals surface area contributed by atoms with E-state index in [0.29, 0.717) is 36.8 Å². The molecule has 5 aliphatic rings. The molecular formula is C49H61N2O12+. The van der Waals surface area contributed by atoms with Crippen molar-refractivity contribution in [1.82, 2.24) is 5.32 Å². The van der Waals surface area contributed by atoms with E-state index in [9.17, 15) is 24.0 Å². The number of carbonyl (C=O) groups is 6. The van der Waals surface area contributed by atoms with Gasteiger partial charge in [-0.25, -0.2) is 0 Å². The number of rotatable bonds is 10. The van der Waals surface area contributed by atoms with Gasteiger partial charge in [0.05, 0.1) is 12.2 Å². The lowest BCUT2D eigenvalue weighted by Gasteiger charge is -2.53. The number of amides is 1. The molecule has 3 aliphatic heterocycles. The maximum Gasteiger partial charge on any atom is 0.308 e. The van der Waals surface area contributed by atoms with Crippen molar-refractivity contribution in [3.05, 3.63) is 77.2 Å². The largest absolute Gasteiger partial charge is 0.462 e. The lowest BCUT2D eigenvalue weighted by atomic mass is 9.61. The normalized spacial score (nSPS) is 34.0. The summed E-state index contributed by atoms with van der Waals surface area (Å²) in [4.78, 5) is 78.4. The number of hydrogen-bond donors (Lipinski definition) is 1. The van der Waals surface area contributed by atoms with Gasteiger partial charge in [0.25, 0.3) is 11.9 Å². The number of Topliss-reactive ketones (excluding diaryl/α,β-unsaturated/α-hetero) is 1. The SMILES string of the molecule is CC(=O)Oc1cc(OC(C)=O)cc([C@@H]2O[C@]3(CC[C@H]2C)O[C@@H](CC2=C(C(=O)C4NC(=O)C([n+]5ccccc5)C4OC(C)=O)[C@H]4[C@@H](C)[C@H](OC(C)=O)CC[C@H]4C=C2C)[C@H](C)C[C@H]3C)c1. The molecule has 14 nitrogen and oxygen atoms in total. The second-order valence-corrected chi connectivity index (χ2v) is 18.5. The van der Waals surface area contributed by atoms with E-state index in [1.807, 2.05) is 19.9 Å². The van der Waals surface area contributed by atoms with Gasteiger partial charge in [-0.05, 0) is 80.1 Å². The van der Waals surface area contributed by atoms with Gasteiger partial charge in [0.1, 0.15) is 23.6 Å². The van der Waals surface area contributed by atoms with Crippen LogP contribution in [0.3, 0.4) is 0 Å². The third kappa shape index (κ3) is 9.52. The summed E-state index contributed by atoms with van der Waals surface area (Å²) >= 11 is 0. The fourth-order valence-corrected chi connectivity index (χ4v) is 11.0. The Bertz CT molecular complexity index is 2170. The molecule has 338 valence electrons. The van der Waals surface area contributed by atoms with E-state index in [1.54, 1.807) is 41.2 Å². The van der Waals surface area contributed by atoms with E-state index in [2.05, 4.69) is 32.2 Å². The van der Waals surface area contributed by atoms with Gasteiger partial charge in [-0.2, -0.15) is 4.57 Å². The van der Waals surface area contributed by atoms with E-state index in [1.165, 1.54) is 33.8 Å². The first kappa shape index (κ1) is 45.8. The maximum absolute atomic E-state index is 15.6. The lowest BCUT2D eigenvalue weighted by molar-refractivity contribution is -0.714. The molecule has 2 aliphatic carbocycles. The third-order valence-electron chi connectivity index (χ3n) is 13.8. The summed E-state index contributed by atoms with van der Waals surface area (Å²) in [6, 6.07) is 8.15. The average molecular weight is 870 g/mol. The Morgan fingerprint density at radius 2 is 1.46 bits per heavy atom. The number of aromatic nitrogens is 1. The first-order valence-corrected chi connectivity index (χ1v) is 22.3. The zero-order valence-corrected chi connectivity index (χ0v) is 37.7. The predicted molar refractivity (Wildman–Crippen MR) is 226 cm³/mol. The molecule has 3 unspecified atom stereocenters. The number of hydrogen-bond acceptors (Lipinski definition) is 12. The smallest absolute Gasteiger partial charge is 0.308 e. The van der Waals surface area contributed by atoms with Crippen molar-refractivity contribution in [3.8, 4) is 11.5 Å². The fraction of sp³-hybridized carbons (Fsp3) is 0.571. The number of benzene rings is 1. The highest BCUT2D eigenvalue weighted by molar-refractivity contribution is 6.06. The molecule has 0 bridgehead atoms. The summed E-state index contributed by atoms with van der Waals surface area (Å²) in [5.41, 5.74) is 2.94. The van der Waals surface area contributed by atoms with E-state index in [4.69, 9.17) is 28.4 Å². The van der Waals surface area contributed by atoms with Gasteiger partial charge < -0.3 is 33.7 Å². The van der Waals surface area contributed by atoms with E-state index >= 15 is 4.79 Å². The van der Waals surface area contributed by atoms with Crippen LogP contribution in [-0.4, -0.2) is 65.7 Å². The van der Waals surface area contributed by atoms with Crippen LogP contribution in [0.15, 0.2) is 71.6 Å². The van der Waals surface area contributed by atoms with Crippen LogP contribution in [0.1, 0.15) is 119 Å². The number of nitrogens with zero attached hydrogens (tertiary/aromatic N) is 1. The minimum Gasteiger partial charge on any atom is -0.462 e. The van der Waals surface area contributed by atoms with E-state index in [0.717, 1.165) is 24.0 Å². The molecule has 1 aromatic heterocycles. The first-order chi connectivity index (χ1) is 29.8. The van der Waals surface area contributed by atoms with Crippen molar-refractivity contribution >= 4 is 35.6 Å². The van der Waals surface area contributed by atoms with Gasteiger partial charge in [-0.1, -0.05) is 45.4 Å². The van der Waals surface area contributed by atoms with Crippen LogP contribution in [0.25, 0.3) is 0 Å². The molecule has 4 fully saturated rings. The minimum absolute atomic E-state index is 0.0250. The van der Waals surface area contributed by atoms with Crippen molar-refractivity contribution < 1.29 is 61.8 Å². The van der Waals surface area contributed by atoms with Gasteiger partial charge >= 0.3 is 23.9 Å². The summed E-state index contributed by atoms with van der Waals surface area (Å²) < 4.78 is 38.7. The number of fused-ring (bicyclic) bond motifs is 1. The molecule has 7 rings (SSSR count). The highest BCUT2D eigenvalue weighted by Crippen LogP contribution is 2.53. The van der Waals surface area contributed by atoms with Crippen LogP contribution < -0.4 is 19.4 Å². The van der Waals surface area contributed by atoms with Crippen molar-refractivity contribution in [3.63, 3.8) is 0 Å². The highest BCUT2D eigenvalue weighted by atomic mass is 16.7. The maximum atomic E-state index is 15.6. The summed E-state index contributed by atoms with van der Waals surface area (Å²) in [6.45, 7) is 15.7.